The number of rotatable bonds is 5. The minimum absolute atomic E-state index is 0.0542. The molecule has 116 valence electrons. The summed E-state index contributed by atoms with van der Waals surface area (Å²) in [5, 5.41) is 2.79. The first-order valence-electron chi connectivity index (χ1n) is 6.83. The van der Waals surface area contributed by atoms with E-state index in [4.69, 9.17) is 9.47 Å². The lowest BCUT2D eigenvalue weighted by atomic mass is 10.1. The Morgan fingerprint density at radius 2 is 1.86 bits per heavy atom. The highest BCUT2D eigenvalue weighted by Crippen LogP contribution is 2.28. The van der Waals surface area contributed by atoms with Gasteiger partial charge in [-0.05, 0) is 43.2 Å². The second-order valence-corrected chi connectivity index (χ2v) is 5.82. The van der Waals surface area contributed by atoms with Crippen molar-refractivity contribution in [3.8, 4) is 11.5 Å². The van der Waals surface area contributed by atoms with Gasteiger partial charge in [0.05, 0.1) is 12.8 Å². The maximum absolute atomic E-state index is 12.1. The highest BCUT2D eigenvalue weighted by molar-refractivity contribution is 9.10. The Morgan fingerprint density at radius 1 is 1.18 bits per heavy atom. The van der Waals surface area contributed by atoms with Gasteiger partial charge in [0.25, 0.3) is 5.91 Å². The van der Waals surface area contributed by atoms with Crippen molar-refractivity contribution >= 4 is 27.5 Å². The van der Waals surface area contributed by atoms with Crippen LogP contribution in [0.2, 0.25) is 0 Å². The minimum atomic E-state index is -0.237. The van der Waals surface area contributed by atoms with Crippen molar-refractivity contribution in [3.05, 3.63) is 52.0 Å². The zero-order valence-corrected chi connectivity index (χ0v) is 14.4. The normalized spacial score (nSPS) is 10.2. The summed E-state index contributed by atoms with van der Waals surface area (Å²) >= 11 is 3.37. The molecular formula is C17H18BrNO3. The van der Waals surface area contributed by atoms with Crippen LogP contribution >= 0.6 is 15.9 Å². The largest absolute Gasteiger partial charge is 0.495 e. The maximum Gasteiger partial charge on any atom is 0.262 e. The number of nitrogens with one attached hydrogen (secondary N) is 1. The highest BCUT2D eigenvalue weighted by Gasteiger charge is 2.10. The molecule has 0 saturated heterocycles. The summed E-state index contributed by atoms with van der Waals surface area (Å²) in [7, 11) is 1.56. The molecule has 1 amide bonds. The number of carbonyl (C=O) groups excluding carboxylic acids is 1. The van der Waals surface area contributed by atoms with Gasteiger partial charge >= 0.3 is 0 Å². The molecule has 0 aliphatic carbocycles. The van der Waals surface area contributed by atoms with Gasteiger partial charge in [-0.3, -0.25) is 4.79 Å². The number of ether oxygens (including phenoxy) is 2. The highest BCUT2D eigenvalue weighted by atomic mass is 79.9. The second kappa shape index (κ2) is 7.31. The number of para-hydroxylation sites is 1. The standard InChI is InChI=1S/C17H18BrNO3/c1-11-5-4-6-12(2)17(11)22-10-16(20)19-14-9-13(18)7-8-15(14)21-3/h4-9H,10H2,1-3H3,(H,19,20). The molecule has 1 N–H and O–H groups in total. The molecule has 0 saturated carbocycles. The molecule has 2 aromatic rings. The predicted octanol–water partition coefficient (Wildman–Crippen LogP) is 4.09. The topological polar surface area (TPSA) is 47.6 Å². The molecule has 0 aliphatic rings. The molecule has 2 rings (SSSR count). The maximum atomic E-state index is 12.1. The van der Waals surface area contributed by atoms with Crippen molar-refractivity contribution in [2.45, 2.75) is 13.8 Å². The van der Waals surface area contributed by atoms with Crippen LogP contribution in [0.1, 0.15) is 11.1 Å². The number of aryl methyl sites for hydroxylation is 2. The number of amides is 1. The number of hydrogen-bond acceptors (Lipinski definition) is 3. The van der Waals surface area contributed by atoms with E-state index < -0.39 is 0 Å². The summed E-state index contributed by atoms with van der Waals surface area (Å²) in [6.07, 6.45) is 0. The van der Waals surface area contributed by atoms with Crippen molar-refractivity contribution in [2.24, 2.45) is 0 Å². The Morgan fingerprint density at radius 3 is 2.50 bits per heavy atom. The van der Waals surface area contributed by atoms with E-state index in [1.165, 1.54) is 0 Å². The molecule has 0 aromatic heterocycles. The molecule has 2 aromatic carbocycles. The van der Waals surface area contributed by atoms with Crippen molar-refractivity contribution in [3.63, 3.8) is 0 Å². The average Bonchev–Trinajstić information content (AvgIpc) is 2.47. The molecule has 5 heteroatoms. The van der Waals surface area contributed by atoms with Crippen LogP contribution in [0.15, 0.2) is 40.9 Å². The van der Waals surface area contributed by atoms with Crippen LogP contribution in [0.3, 0.4) is 0 Å². The summed E-state index contributed by atoms with van der Waals surface area (Å²) < 4.78 is 11.7. The fraction of sp³-hybridized carbons (Fsp3) is 0.235. The Kier molecular flexibility index (Phi) is 5.44. The van der Waals surface area contributed by atoms with Gasteiger partial charge in [-0.15, -0.1) is 0 Å². The Labute approximate surface area is 138 Å². The summed E-state index contributed by atoms with van der Waals surface area (Å²) in [6, 6.07) is 11.3. The molecule has 0 fully saturated rings. The molecular weight excluding hydrogens is 346 g/mol. The Balaban J connectivity index is 2.03. The summed E-state index contributed by atoms with van der Waals surface area (Å²) in [5.74, 6) is 1.11. The van der Waals surface area contributed by atoms with Gasteiger partial charge in [-0.1, -0.05) is 34.1 Å². The molecule has 0 bridgehead atoms. The third-order valence-corrected chi connectivity index (χ3v) is 3.69. The van der Waals surface area contributed by atoms with Crippen LogP contribution in [0, 0.1) is 13.8 Å². The number of halogens is 1. The molecule has 0 spiro atoms. The van der Waals surface area contributed by atoms with Gasteiger partial charge in [0.2, 0.25) is 0 Å². The molecule has 0 atom stereocenters. The van der Waals surface area contributed by atoms with Gasteiger partial charge < -0.3 is 14.8 Å². The van der Waals surface area contributed by atoms with Gasteiger partial charge in [-0.25, -0.2) is 0 Å². The zero-order chi connectivity index (χ0) is 16.1. The first kappa shape index (κ1) is 16.4. The molecule has 0 unspecified atom stereocenters. The lowest BCUT2D eigenvalue weighted by Crippen LogP contribution is -2.21. The number of anilines is 1. The van der Waals surface area contributed by atoms with Gasteiger partial charge in [0.15, 0.2) is 6.61 Å². The van der Waals surface area contributed by atoms with Crippen molar-refractivity contribution < 1.29 is 14.3 Å². The first-order valence-corrected chi connectivity index (χ1v) is 7.63. The van der Waals surface area contributed by atoms with Gasteiger partial charge in [-0.2, -0.15) is 0 Å². The Bertz CT molecular complexity index is 665. The lowest BCUT2D eigenvalue weighted by Gasteiger charge is -2.13. The zero-order valence-electron chi connectivity index (χ0n) is 12.8. The molecule has 0 radical (unpaired) electrons. The SMILES string of the molecule is COc1ccc(Br)cc1NC(=O)COc1c(C)cccc1C. The molecule has 0 heterocycles. The van der Waals surface area contributed by atoms with E-state index in [0.717, 1.165) is 21.3 Å². The van der Waals surface area contributed by atoms with Gasteiger partial charge in [0, 0.05) is 4.47 Å². The van der Waals surface area contributed by atoms with E-state index in [9.17, 15) is 4.79 Å². The first-order chi connectivity index (χ1) is 10.5. The summed E-state index contributed by atoms with van der Waals surface area (Å²) in [6.45, 7) is 3.86. The summed E-state index contributed by atoms with van der Waals surface area (Å²) in [4.78, 5) is 12.1. The quantitative estimate of drug-likeness (QED) is 0.869. The molecule has 0 aliphatic heterocycles. The predicted molar refractivity (Wildman–Crippen MR) is 90.7 cm³/mol. The van der Waals surface area contributed by atoms with E-state index in [1.54, 1.807) is 19.2 Å². The van der Waals surface area contributed by atoms with E-state index in [1.807, 2.05) is 38.1 Å². The number of hydrogen-bond donors (Lipinski definition) is 1. The van der Waals surface area contributed by atoms with Crippen LogP contribution in [0.4, 0.5) is 5.69 Å². The Hall–Kier alpha value is -2.01. The molecule has 22 heavy (non-hydrogen) atoms. The van der Waals surface area contributed by atoms with E-state index in [2.05, 4.69) is 21.2 Å². The monoisotopic (exact) mass is 363 g/mol. The fourth-order valence-electron chi connectivity index (χ4n) is 2.13. The third-order valence-electron chi connectivity index (χ3n) is 3.19. The van der Waals surface area contributed by atoms with E-state index in [0.29, 0.717) is 11.4 Å². The van der Waals surface area contributed by atoms with Crippen LogP contribution < -0.4 is 14.8 Å². The van der Waals surface area contributed by atoms with Crippen LogP contribution in [0.25, 0.3) is 0 Å². The fourth-order valence-corrected chi connectivity index (χ4v) is 2.49. The number of methoxy groups -OCH3 is 1. The number of carbonyl (C=O) groups is 1. The third kappa shape index (κ3) is 4.01. The molecule has 4 nitrogen and oxygen atoms in total. The van der Waals surface area contributed by atoms with Crippen LogP contribution in [-0.2, 0) is 4.79 Å². The van der Waals surface area contributed by atoms with Crippen LogP contribution in [0.5, 0.6) is 11.5 Å². The smallest absolute Gasteiger partial charge is 0.262 e. The van der Waals surface area contributed by atoms with Crippen molar-refractivity contribution in [1.29, 1.82) is 0 Å². The van der Waals surface area contributed by atoms with Crippen LogP contribution in [-0.4, -0.2) is 19.6 Å². The average molecular weight is 364 g/mol. The van der Waals surface area contributed by atoms with Crippen molar-refractivity contribution in [1.82, 2.24) is 0 Å². The number of benzene rings is 2. The van der Waals surface area contributed by atoms with Gasteiger partial charge in [0.1, 0.15) is 11.5 Å². The second-order valence-electron chi connectivity index (χ2n) is 4.90. The van der Waals surface area contributed by atoms with E-state index in [-0.39, 0.29) is 12.5 Å². The van der Waals surface area contributed by atoms with E-state index >= 15 is 0 Å². The van der Waals surface area contributed by atoms with Crippen molar-refractivity contribution in [2.75, 3.05) is 19.0 Å². The summed E-state index contributed by atoms with van der Waals surface area (Å²) in [5.41, 5.74) is 2.62. The lowest BCUT2D eigenvalue weighted by molar-refractivity contribution is -0.118. The minimum Gasteiger partial charge on any atom is -0.495 e.